The molecule has 0 atom stereocenters. The normalized spacial score (nSPS) is 10.9. The molecule has 0 saturated carbocycles. The van der Waals surface area contributed by atoms with Crippen LogP contribution in [0.15, 0.2) is 22.7 Å². The van der Waals surface area contributed by atoms with Crippen LogP contribution in [0.1, 0.15) is 36.4 Å². The zero-order chi connectivity index (χ0) is 13.3. The van der Waals surface area contributed by atoms with Gasteiger partial charge in [-0.3, -0.25) is 0 Å². The van der Waals surface area contributed by atoms with E-state index in [1.165, 1.54) is 22.5 Å². The van der Waals surface area contributed by atoms with Gasteiger partial charge in [0.25, 0.3) is 0 Å². The third kappa shape index (κ3) is 2.37. The van der Waals surface area contributed by atoms with Crippen molar-refractivity contribution >= 4 is 15.9 Å². The van der Waals surface area contributed by atoms with Gasteiger partial charge in [0.05, 0.1) is 11.4 Å². The summed E-state index contributed by atoms with van der Waals surface area (Å²) >= 11 is 3.54. The van der Waals surface area contributed by atoms with Gasteiger partial charge in [-0.1, -0.05) is 29.8 Å². The third-order valence-electron chi connectivity index (χ3n) is 3.23. The molecule has 1 heterocycles. The van der Waals surface area contributed by atoms with Gasteiger partial charge in [0.1, 0.15) is 0 Å². The van der Waals surface area contributed by atoms with E-state index in [2.05, 4.69) is 66.5 Å². The van der Waals surface area contributed by atoms with Crippen LogP contribution in [-0.2, 0) is 12.8 Å². The molecular formula is C15H19BrN2. The van der Waals surface area contributed by atoms with Crippen molar-refractivity contribution in [1.82, 2.24) is 9.78 Å². The van der Waals surface area contributed by atoms with E-state index in [0.717, 1.165) is 23.0 Å². The first kappa shape index (κ1) is 13.3. The van der Waals surface area contributed by atoms with Crippen LogP contribution in [0.2, 0.25) is 0 Å². The van der Waals surface area contributed by atoms with Crippen LogP contribution < -0.4 is 0 Å². The van der Waals surface area contributed by atoms with Gasteiger partial charge >= 0.3 is 0 Å². The first-order valence-electron chi connectivity index (χ1n) is 6.41. The lowest BCUT2D eigenvalue weighted by atomic mass is 10.1. The highest BCUT2D eigenvalue weighted by Crippen LogP contribution is 2.25. The van der Waals surface area contributed by atoms with Crippen LogP contribution in [-0.4, -0.2) is 9.78 Å². The molecule has 0 bridgehead atoms. The van der Waals surface area contributed by atoms with Gasteiger partial charge < -0.3 is 0 Å². The van der Waals surface area contributed by atoms with Crippen molar-refractivity contribution in [3.05, 3.63) is 45.2 Å². The summed E-state index contributed by atoms with van der Waals surface area (Å²) in [7, 11) is 0. The van der Waals surface area contributed by atoms with Crippen molar-refractivity contribution in [2.45, 2.75) is 40.5 Å². The Morgan fingerprint density at radius 2 is 1.67 bits per heavy atom. The Hall–Kier alpha value is -1.09. The van der Waals surface area contributed by atoms with Gasteiger partial charge in [-0.25, -0.2) is 4.68 Å². The van der Waals surface area contributed by atoms with Gasteiger partial charge in [0.2, 0.25) is 0 Å². The van der Waals surface area contributed by atoms with E-state index in [1.807, 2.05) is 0 Å². The maximum atomic E-state index is 4.72. The Balaban J connectivity index is 2.64. The predicted octanol–water partition coefficient (Wildman–Crippen LogP) is 4.38. The molecule has 1 aromatic carbocycles. The molecule has 2 nitrogen and oxygen atoms in total. The maximum Gasteiger partial charge on any atom is 0.0707 e. The number of benzene rings is 1. The number of aromatic nitrogens is 2. The largest absolute Gasteiger partial charge is 0.237 e. The Kier molecular flexibility index (Phi) is 3.91. The SMILES string of the molecule is CCc1cc(CC)n(-c2c(C)cc(Br)cc2C)n1. The Bertz CT molecular complexity index is 547. The van der Waals surface area contributed by atoms with Gasteiger partial charge in [-0.05, 0) is 56.0 Å². The van der Waals surface area contributed by atoms with Gasteiger partial charge in [0.15, 0.2) is 0 Å². The van der Waals surface area contributed by atoms with Crippen LogP contribution in [0, 0.1) is 13.8 Å². The monoisotopic (exact) mass is 306 g/mol. The van der Waals surface area contributed by atoms with E-state index < -0.39 is 0 Å². The van der Waals surface area contributed by atoms with Gasteiger partial charge in [-0.15, -0.1) is 0 Å². The summed E-state index contributed by atoms with van der Waals surface area (Å²) in [6.45, 7) is 8.60. The Morgan fingerprint density at radius 1 is 1.06 bits per heavy atom. The first-order chi connectivity index (χ1) is 8.56. The van der Waals surface area contributed by atoms with Crippen LogP contribution in [0.5, 0.6) is 0 Å². The molecule has 96 valence electrons. The molecular weight excluding hydrogens is 288 g/mol. The van der Waals surface area contributed by atoms with Crippen LogP contribution in [0.4, 0.5) is 0 Å². The fraction of sp³-hybridized carbons (Fsp3) is 0.400. The summed E-state index contributed by atoms with van der Waals surface area (Å²) in [6, 6.07) is 6.51. The quantitative estimate of drug-likeness (QED) is 0.823. The highest BCUT2D eigenvalue weighted by atomic mass is 79.9. The third-order valence-corrected chi connectivity index (χ3v) is 3.68. The molecule has 0 radical (unpaired) electrons. The second kappa shape index (κ2) is 5.27. The maximum absolute atomic E-state index is 4.72. The standard InChI is InChI=1S/C15H19BrN2/c1-5-13-9-14(6-2)18(17-13)15-10(3)7-12(16)8-11(15)4/h7-9H,5-6H2,1-4H3. The molecule has 0 unspecified atom stereocenters. The number of aryl methyl sites for hydroxylation is 4. The van der Waals surface area contributed by atoms with Crippen LogP contribution in [0.3, 0.4) is 0 Å². The second-order valence-corrected chi connectivity index (χ2v) is 5.55. The molecule has 0 saturated heterocycles. The molecule has 0 N–H and O–H groups in total. The molecule has 3 heteroatoms. The molecule has 0 spiro atoms. The number of hydrogen-bond acceptors (Lipinski definition) is 1. The summed E-state index contributed by atoms with van der Waals surface area (Å²) in [5.74, 6) is 0. The summed E-state index contributed by atoms with van der Waals surface area (Å²) in [5, 5.41) is 4.72. The van der Waals surface area contributed by atoms with E-state index in [4.69, 9.17) is 5.10 Å². The molecule has 1 aromatic heterocycles. The van der Waals surface area contributed by atoms with Crippen molar-refractivity contribution in [2.75, 3.05) is 0 Å². The summed E-state index contributed by atoms with van der Waals surface area (Å²) < 4.78 is 3.23. The number of hydrogen-bond donors (Lipinski definition) is 0. The first-order valence-corrected chi connectivity index (χ1v) is 7.21. The van der Waals surface area contributed by atoms with E-state index in [-0.39, 0.29) is 0 Å². The highest BCUT2D eigenvalue weighted by molar-refractivity contribution is 9.10. The number of halogens is 1. The zero-order valence-electron chi connectivity index (χ0n) is 11.4. The predicted molar refractivity (Wildman–Crippen MR) is 79.5 cm³/mol. The van der Waals surface area contributed by atoms with E-state index in [1.54, 1.807) is 0 Å². The minimum absolute atomic E-state index is 0.981. The highest BCUT2D eigenvalue weighted by Gasteiger charge is 2.12. The smallest absolute Gasteiger partial charge is 0.0707 e. The molecule has 0 fully saturated rings. The molecule has 0 aliphatic heterocycles. The lowest BCUT2D eigenvalue weighted by Crippen LogP contribution is -2.06. The van der Waals surface area contributed by atoms with Crippen LogP contribution in [0.25, 0.3) is 5.69 Å². The lowest BCUT2D eigenvalue weighted by molar-refractivity contribution is 0.784. The van der Waals surface area contributed by atoms with E-state index in [9.17, 15) is 0 Å². The van der Waals surface area contributed by atoms with Crippen molar-refractivity contribution in [3.8, 4) is 5.69 Å². The summed E-state index contributed by atoms with van der Waals surface area (Å²) in [6.07, 6.45) is 1.98. The second-order valence-electron chi connectivity index (χ2n) is 4.63. The number of nitrogens with zero attached hydrogens (tertiary/aromatic N) is 2. The van der Waals surface area contributed by atoms with E-state index in [0.29, 0.717) is 0 Å². The molecule has 2 rings (SSSR count). The fourth-order valence-corrected chi connectivity index (χ4v) is 3.02. The van der Waals surface area contributed by atoms with Crippen molar-refractivity contribution in [3.63, 3.8) is 0 Å². The summed E-state index contributed by atoms with van der Waals surface area (Å²) in [4.78, 5) is 0. The van der Waals surface area contributed by atoms with Crippen LogP contribution >= 0.6 is 15.9 Å². The minimum Gasteiger partial charge on any atom is -0.237 e. The fourth-order valence-electron chi connectivity index (χ4n) is 2.33. The zero-order valence-corrected chi connectivity index (χ0v) is 13.0. The summed E-state index contributed by atoms with van der Waals surface area (Å²) in [5.41, 5.74) is 6.16. The van der Waals surface area contributed by atoms with Crippen molar-refractivity contribution in [1.29, 1.82) is 0 Å². The topological polar surface area (TPSA) is 17.8 Å². The molecule has 0 aliphatic rings. The van der Waals surface area contributed by atoms with Gasteiger partial charge in [0, 0.05) is 10.2 Å². The van der Waals surface area contributed by atoms with Crippen molar-refractivity contribution in [2.24, 2.45) is 0 Å². The van der Waals surface area contributed by atoms with Gasteiger partial charge in [-0.2, -0.15) is 5.10 Å². The lowest BCUT2D eigenvalue weighted by Gasteiger charge is -2.13. The minimum atomic E-state index is 0.981. The number of rotatable bonds is 3. The average molecular weight is 307 g/mol. The van der Waals surface area contributed by atoms with E-state index >= 15 is 0 Å². The molecule has 18 heavy (non-hydrogen) atoms. The Morgan fingerprint density at radius 3 is 2.17 bits per heavy atom. The molecule has 0 amide bonds. The van der Waals surface area contributed by atoms with Crippen molar-refractivity contribution < 1.29 is 0 Å². The molecule has 0 aliphatic carbocycles. The Labute approximate surface area is 117 Å². The average Bonchev–Trinajstić information content (AvgIpc) is 2.71. The molecule has 2 aromatic rings.